The van der Waals surface area contributed by atoms with E-state index in [0.717, 1.165) is 25.7 Å². The summed E-state index contributed by atoms with van der Waals surface area (Å²) in [6, 6.07) is 0. The second kappa shape index (κ2) is 20.8. The predicted molar refractivity (Wildman–Crippen MR) is 130 cm³/mol. The van der Waals surface area contributed by atoms with Gasteiger partial charge in [-0.2, -0.15) is 0 Å². The molecule has 0 fully saturated rings. The Morgan fingerprint density at radius 3 is 1.03 bits per heavy atom. The Hall–Kier alpha value is -1.06. The van der Waals surface area contributed by atoms with Crippen molar-refractivity contribution < 1.29 is 19.1 Å². The van der Waals surface area contributed by atoms with E-state index < -0.39 is 17.4 Å². The maximum absolute atomic E-state index is 12.3. The van der Waals surface area contributed by atoms with Crippen LogP contribution in [0.4, 0.5) is 0 Å². The fourth-order valence-corrected chi connectivity index (χ4v) is 3.60. The van der Waals surface area contributed by atoms with Gasteiger partial charge in [0.25, 0.3) is 0 Å². The molecule has 0 N–H and O–H groups in total. The van der Waals surface area contributed by atoms with Gasteiger partial charge in [-0.25, -0.2) is 0 Å². The van der Waals surface area contributed by atoms with Crippen molar-refractivity contribution in [2.75, 3.05) is 13.2 Å². The Bertz CT molecular complexity index is 431. The first kappa shape index (κ1) is 29.9. The summed E-state index contributed by atoms with van der Waals surface area (Å²) in [5.41, 5.74) is -1.22. The number of rotatable bonds is 22. The maximum atomic E-state index is 12.3. The molecule has 31 heavy (non-hydrogen) atoms. The minimum absolute atomic E-state index is 0.391. The van der Waals surface area contributed by atoms with E-state index in [4.69, 9.17) is 9.47 Å². The third-order valence-electron chi connectivity index (χ3n) is 5.98. The van der Waals surface area contributed by atoms with Gasteiger partial charge in [0.15, 0.2) is 5.41 Å². The lowest BCUT2D eigenvalue weighted by molar-refractivity contribution is -0.169. The number of unbranched alkanes of at least 4 members (excludes halogenated alkanes) is 16. The monoisotopic (exact) mass is 440 g/mol. The van der Waals surface area contributed by atoms with Gasteiger partial charge in [0, 0.05) is 0 Å². The molecule has 0 saturated heterocycles. The van der Waals surface area contributed by atoms with Gasteiger partial charge in [-0.05, 0) is 26.7 Å². The molecule has 0 saturated carbocycles. The van der Waals surface area contributed by atoms with Crippen molar-refractivity contribution in [3.63, 3.8) is 0 Å². The standard InChI is InChI=1S/C27H52O4/c1-5-7-9-11-13-14-15-16-18-20-22-24-31-26(29)27(3,4)25(28)30-23-21-19-17-12-10-8-6-2/h5-24H2,1-4H3. The van der Waals surface area contributed by atoms with Crippen molar-refractivity contribution in [1.82, 2.24) is 0 Å². The Balaban J connectivity index is 3.66. The number of carbonyl (C=O) groups is 2. The van der Waals surface area contributed by atoms with Crippen LogP contribution in [0.3, 0.4) is 0 Å². The Morgan fingerprint density at radius 1 is 0.484 bits per heavy atom. The van der Waals surface area contributed by atoms with Crippen molar-refractivity contribution in [2.24, 2.45) is 5.41 Å². The van der Waals surface area contributed by atoms with Crippen LogP contribution in [0.15, 0.2) is 0 Å². The summed E-state index contributed by atoms with van der Waals surface area (Å²) in [6.07, 6.45) is 22.0. The van der Waals surface area contributed by atoms with E-state index in [1.165, 1.54) is 89.9 Å². The molecular formula is C27H52O4. The molecule has 0 spiro atoms. The van der Waals surface area contributed by atoms with Gasteiger partial charge in [-0.15, -0.1) is 0 Å². The lowest BCUT2D eigenvalue weighted by Gasteiger charge is -2.20. The molecule has 0 aromatic heterocycles. The Labute approximate surface area is 193 Å². The highest BCUT2D eigenvalue weighted by molar-refractivity contribution is 5.99. The van der Waals surface area contributed by atoms with E-state index in [-0.39, 0.29) is 0 Å². The fraction of sp³-hybridized carbons (Fsp3) is 0.926. The summed E-state index contributed by atoms with van der Waals surface area (Å²) in [5, 5.41) is 0. The van der Waals surface area contributed by atoms with Gasteiger partial charge in [-0.1, -0.05) is 117 Å². The number of ether oxygens (including phenoxy) is 2. The largest absolute Gasteiger partial charge is 0.465 e. The summed E-state index contributed by atoms with van der Waals surface area (Å²) in [6.45, 7) is 8.45. The molecule has 0 aliphatic rings. The number of hydrogen-bond donors (Lipinski definition) is 0. The number of carbonyl (C=O) groups excluding carboxylic acids is 2. The summed E-state index contributed by atoms with van der Waals surface area (Å²) in [4.78, 5) is 24.6. The first-order valence-corrected chi connectivity index (χ1v) is 13.3. The van der Waals surface area contributed by atoms with Gasteiger partial charge in [0.1, 0.15) is 0 Å². The zero-order valence-corrected chi connectivity index (χ0v) is 21.3. The molecule has 4 nitrogen and oxygen atoms in total. The van der Waals surface area contributed by atoms with Crippen LogP contribution in [0.1, 0.15) is 143 Å². The van der Waals surface area contributed by atoms with Gasteiger partial charge in [-0.3, -0.25) is 9.59 Å². The van der Waals surface area contributed by atoms with E-state index in [9.17, 15) is 9.59 Å². The van der Waals surface area contributed by atoms with Crippen molar-refractivity contribution in [3.05, 3.63) is 0 Å². The third kappa shape index (κ3) is 17.2. The molecule has 0 radical (unpaired) electrons. The molecule has 0 aliphatic carbocycles. The summed E-state index contributed by atoms with van der Waals surface area (Å²) < 4.78 is 10.7. The van der Waals surface area contributed by atoms with Gasteiger partial charge in [0.2, 0.25) is 0 Å². The first-order valence-electron chi connectivity index (χ1n) is 13.3. The fourth-order valence-electron chi connectivity index (χ4n) is 3.60. The van der Waals surface area contributed by atoms with Crippen LogP contribution in [-0.4, -0.2) is 25.2 Å². The van der Waals surface area contributed by atoms with E-state index in [1.54, 1.807) is 13.8 Å². The molecule has 0 bridgehead atoms. The molecule has 0 aromatic carbocycles. The maximum Gasteiger partial charge on any atom is 0.322 e. The zero-order chi connectivity index (χ0) is 23.2. The molecule has 184 valence electrons. The quantitative estimate of drug-likeness (QED) is 0.0967. The molecule has 0 aliphatic heterocycles. The summed E-state index contributed by atoms with van der Waals surface area (Å²) >= 11 is 0. The third-order valence-corrected chi connectivity index (χ3v) is 5.98. The molecule has 0 heterocycles. The molecule has 0 atom stereocenters. The second-order valence-corrected chi connectivity index (χ2v) is 9.55. The molecule has 4 heteroatoms. The molecule has 0 rings (SSSR count). The van der Waals surface area contributed by atoms with E-state index in [1.807, 2.05) is 0 Å². The first-order chi connectivity index (χ1) is 15.0. The van der Waals surface area contributed by atoms with Crippen LogP contribution in [-0.2, 0) is 19.1 Å². The Morgan fingerprint density at radius 2 is 0.742 bits per heavy atom. The zero-order valence-electron chi connectivity index (χ0n) is 21.3. The van der Waals surface area contributed by atoms with Crippen LogP contribution >= 0.6 is 0 Å². The minimum Gasteiger partial charge on any atom is -0.465 e. The van der Waals surface area contributed by atoms with Crippen LogP contribution in [0.5, 0.6) is 0 Å². The number of hydrogen-bond acceptors (Lipinski definition) is 4. The molecule has 0 unspecified atom stereocenters. The highest BCUT2D eigenvalue weighted by atomic mass is 16.6. The topological polar surface area (TPSA) is 52.6 Å². The SMILES string of the molecule is CCCCCCCCCCCCCOC(=O)C(C)(C)C(=O)OCCCCCCCCC. The molecule has 0 amide bonds. The van der Waals surface area contributed by atoms with E-state index >= 15 is 0 Å². The van der Waals surface area contributed by atoms with Crippen LogP contribution in [0, 0.1) is 5.41 Å². The van der Waals surface area contributed by atoms with Gasteiger partial charge < -0.3 is 9.47 Å². The van der Waals surface area contributed by atoms with Gasteiger partial charge >= 0.3 is 11.9 Å². The smallest absolute Gasteiger partial charge is 0.322 e. The van der Waals surface area contributed by atoms with E-state index in [0.29, 0.717) is 13.2 Å². The average molecular weight is 441 g/mol. The second-order valence-electron chi connectivity index (χ2n) is 9.55. The average Bonchev–Trinajstić information content (AvgIpc) is 2.75. The number of esters is 2. The van der Waals surface area contributed by atoms with Crippen LogP contribution in [0.25, 0.3) is 0 Å². The van der Waals surface area contributed by atoms with Crippen molar-refractivity contribution in [2.45, 2.75) is 143 Å². The normalized spacial score (nSPS) is 11.5. The van der Waals surface area contributed by atoms with Crippen molar-refractivity contribution >= 4 is 11.9 Å². The lowest BCUT2D eigenvalue weighted by Crippen LogP contribution is -2.37. The highest BCUT2D eigenvalue weighted by Crippen LogP contribution is 2.20. The minimum atomic E-state index is -1.22. The molecular weight excluding hydrogens is 388 g/mol. The van der Waals surface area contributed by atoms with Crippen LogP contribution in [0.2, 0.25) is 0 Å². The highest BCUT2D eigenvalue weighted by Gasteiger charge is 2.39. The summed E-state index contributed by atoms with van der Waals surface area (Å²) in [7, 11) is 0. The predicted octanol–water partition coefficient (Wildman–Crippen LogP) is 8.16. The summed E-state index contributed by atoms with van der Waals surface area (Å²) in [5.74, 6) is -0.938. The molecule has 0 aromatic rings. The van der Waals surface area contributed by atoms with Crippen LogP contribution < -0.4 is 0 Å². The van der Waals surface area contributed by atoms with E-state index in [2.05, 4.69) is 13.8 Å². The Kier molecular flexibility index (Phi) is 20.1. The lowest BCUT2D eigenvalue weighted by atomic mass is 9.94. The van der Waals surface area contributed by atoms with Gasteiger partial charge in [0.05, 0.1) is 13.2 Å². The van der Waals surface area contributed by atoms with Crippen molar-refractivity contribution in [1.29, 1.82) is 0 Å². The van der Waals surface area contributed by atoms with Crippen molar-refractivity contribution in [3.8, 4) is 0 Å².